The van der Waals surface area contributed by atoms with Crippen molar-refractivity contribution in [3.63, 3.8) is 0 Å². The van der Waals surface area contributed by atoms with Gasteiger partial charge in [0.25, 0.3) is 0 Å². The molecule has 0 atom stereocenters. The third-order valence-electron chi connectivity index (χ3n) is 5.23. The van der Waals surface area contributed by atoms with Crippen molar-refractivity contribution in [3.05, 3.63) is 74.7 Å². The van der Waals surface area contributed by atoms with E-state index >= 15 is 0 Å². The molecule has 172 valence electrons. The lowest BCUT2D eigenvalue weighted by molar-refractivity contribution is 0.414. The van der Waals surface area contributed by atoms with E-state index in [-0.39, 0.29) is 5.69 Å². The lowest BCUT2D eigenvalue weighted by Gasteiger charge is -2.10. The summed E-state index contributed by atoms with van der Waals surface area (Å²) in [6, 6.07) is 13.6. The Labute approximate surface area is 201 Å². The van der Waals surface area contributed by atoms with Gasteiger partial charge in [0, 0.05) is 17.3 Å². The van der Waals surface area contributed by atoms with Crippen LogP contribution in [0.25, 0.3) is 11.2 Å². The highest BCUT2D eigenvalue weighted by Gasteiger charge is 2.16. The number of nitrogens with one attached hydrogen (secondary N) is 2. The zero-order chi connectivity index (χ0) is 23.4. The van der Waals surface area contributed by atoms with E-state index in [9.17, 15) is 4.79 Å². The molecule has 0 radical (unpaired) electrons. The van der Waals surface area contributed by atoms with Gasteiger partial charge in [-0.15, -0.1) is 0 Å². The fourth-order valence-electron chi connectivity index (χ4n) is 3.39. The quantitative estimate of drug-likeness (QED) is 0.250. The van der Waals surface area contributed by atoms with Gasteiger partial charge in [-0.1, -0.05) is 54.6 Å². The first-order valence-electron chi connectivity index (χ1n) is 10.7. The first-order valence-corrected chi connectivity index (χ1v) is 12.1. The number of hydrogen-bond acceptors (Lipinski definition) is 6. The molecule has 2 aromatic carbocycles. The van der Waals surface area contributed by atoms with E-state index in [1.807, 2.05) is 49.4 Å². The van der Waals surface area contributed by atoms with Crippen molar-refractivity contribution in [2.24, 2.45) is 0 Å². The summed E-state index contributed by atoms with van der Waals surface area (Å²) in [5.74, 6) is 2.30. The standard InChI is InChI=1S/C24H26ClN5O2S/c1-4-11-33-23-28-21(26-13-16-7-9-18(32-3)10-8-16)20-22(29-23)30(24(31)27-20)14-17-6-5-15(2)19(25)12-17/h5-10,12H,4,11,13-14H2,1-3H3,(H,27,31)(H,26,28,29). The maximum absolute atomic E-state index is 12.9. The number of benzene rings is 2. The molecule has 2 heterocycles. The highest BCUT2D eigenvalue weighted by Crippen LogP contribution is 2.25. The lowest BCUT2D eigenvalue weighted by atomic mass is 10.1. The second-order valence-electron chi connectivity index (χ2n) is 7.70. The van der Waals surface area contributed by atoms with Crippen molar-refractivity contribution in [2.45, 2.75) is 38.5 Å². The molecule has 0 fully saturated rings. The van der Waals surface area contributed by atoms with E-state index < -0.39 is 0 Å². The Morgan fingerprint density at radius 3 is 2.61 bits per heavy atom. The van der Waals surface area contributed by atoms with Gasteiger partial charge in [-0.05, 0) is 48.2 Å². The summed E-state index contributed by atoms with van der Waals surface area (Å²) in [5.41, 5.74) is 3.93. The number of H-pyrrole nitrogens is 1. The minimum Gasteiger partial charge on any atom is -0.497 e. The van der Waals surface area contributed by atoms with Crippen molar-refractivity contribution in [3.8, 4) is 5.75 Å². The third-order valence-corrected chi connectivity index (χ3v) is 6.69. The Morgan fingerprint density at radius 1 is 1.15 bits per heavy atom. The van der Waals surface area contributed by atoms with E-state index in [0.717, 1.165) is 34.6 Å². The molecule has 0 spiro atoms. The van der Waals surface area contributed by atoms with Gasteiger partial charge in [-0.3, -0.25) is 4.57 Å². The molecule has 4 aromatic rings. The number of fused-ring (bicyclic) bond motifs is 1. The highest BCUT2D eigenvalue weighted by molar-refractivity contribution is 7.99. The van der Waals surface area contributed by atoms with Gasteiger partial charge in [-0.2, -0.15) is 0 Å². The molecule has 0 aliphatic carbocycles. The number of aromatic amines is 1. The summed E-state index contributed by atoms with van der Waals surface area (Å²) >= 11 is 7.87. The molecule has 33 heavy (non-hydrogen) atoms. The number of rotatable bonds is 9. The highest BCUT2D eigenvalue weighted by atomic mass is 35.5. The van der Waals surface area contributed by atoms with E-state index in [1.54, 1.807) is 23.4 Å². The van der Waals surface area contributed by atoms with Gasteiger partial charge >= 0.3 is 5.69 Å². The smallest absolute Gasteiger partial charge is 0.328 e. The summed E-state index contributed by atoms with van der Waals surface area (Å²) < 4.78 is 6.86. The third kappa shape index (κ3) is 5.34. The molecular weight excluding hydrogens is 458 g/mol. The van der Waals surface area contributed by atoms with Crippen molar-refractivity contribution in [1.82, 2.24) is 19.5 Å². The Hall–Kier alpha value is -2.97. The average molecular weight is 484 g/mol. The minimum atomic E-state index is -0.235. The van der Waals surface area contributed by atoms with Crippen molar-refractivity contribution in [1.29, 1.82) is 0 Å². The van der Waals surface area contributed by atoms with E-state index in [2.05, 4.69) is 22.2 Å². The number of thioether (sulfide) groups is 1. The van der Waals surface area contributed by atoms with Crippen LogP contribution in [0.4, 0.5) is 5.82 Å². The van der Waals surface area contributed by atoms with Gasteiger partial charge in [-0.25, -0.2) is 14.8 Å². The first kappa shape index (κ1) is 23.2. The van der Waals surface area contributed by atoms with Crippen LogP contribution in [0.3, 0.4) is 0 Å². The predicted octanol–water partition coefficient (Wildman–Crippen LogP) is 5.25. The van der Waals surface area contributed by atoms with Crippen LogP contribution >= 0.6 is 23.4 Å². The van der Waals surface area contributed by atoms with Crippen LogP contribution in [0.5, 0.6) is 5.75 Å². The number of imidazole rings is 1. The summed E-state index contributed by atoms with van der Waals surface area (Å²) in [7, 11) is 1.64. The Kier molecular flexibility index (Phi) is 7.25. The molecule has 0 saturated heterocycles. The number of hydrogen-bond donors (Lipinski definition) is 2. The molecule has 0 bridgehead atoms. The first-order chi connectivity index (χ1) is 16.0. The number of aryl methyl sites for hydroxylation is 1. The van der Waals surface area contributed by atoms with Gasteiger partial charge < -0.3 is 15.0 Å². The normalized spacial score (nSPS) is 11.2. The fraction of sp³-hybridized carbons (Fsp3) is 0.292. The van der Waals surface area contributed by atoms with Crippen LogP contribution in [0.1, 0.15) is 30.0 Å². The number of aromatic nitrogens is 4. The number of ether oxygens (including phenoxy) is 1. The Balaban J connectivity index is 1.69. The molecule has 0 saturated carbocycles. The van der Waals surface area contributed by atoms with Crippen molar-refractivity contribution < 1.29 is 4.74 Å². The zero-order valence-corrected chi connectivity index (χ0v) is 20.4. The Bertz CT molecular complexity index is 1320. The summed E-state index contributed by atoms with van der Waals surface area (Å²) in [5, 5.41) is 4.68. The van der Waals surface area contributed by atoms with Gasteiger partial charge in [0.2, 0.25) is 0 Å². The second-order valence-corrected chi connectivity index (χ2v) is 9.17. The van der Waals surface area contributed by atoms with Gasteiger partial charge in [0.15, 0.2) is 16.6 Å². The number of methoxy groups -OCH3 is 1. The lowest BCUT2D eigenvalue weighted by Crippen LogP contribution is -2.17. The van der Waals surface area contributed by atoms with Crippen LogP contribution in [-0.4, -0.2) is 32.4 Å². The van der Waals surface area contributed by atoms with Crippen LogP contribution in [0.2, 0.25) is 5.02 Å². The monoisotopic (exact) mass is 483 g/mol. The molecule has 4 rings (SSSR count). The molecule has 2 aromatic heterocycles. The van der Waals surface area contributed by atoms with Crippen molar-refractivity contribution >= 4 is 40.3 Å². The van der Waals surface area contributed by atoms with Gasteiger partial charge in [0.05, 0.1) is 13.7 Å². The molecule has 0 aliphatic rings. The zero-order valence-electron chi connectivity index (χ0n) is 18.8. The van der Waals surface area contributed by atoms with Gasteiger partial charge in [0.1, 0.15) is 11.3 Å². The number of halogens is 1. The van der Waals surface area contributed by atoms with E-state index in [1.165, 1.54) is 0 Å². The van der Waals surface area contributed by atoms with Crippen LogP contribution in [0.15, 0.2) is 52.4 Å². The van der Waals surface area contributed by atoms with Crippen LogP contribution in [0, 0.1) is 6.92 Å². The molecule has 0 unspecified atom stereocenters. The molecule has 9 heteroatoms. The van der Waals surface area contributed by atoms with E-state index in [0.29, 0.717) is 40.3 Å². The van der Waals surface area contributed by atoms with Crippen LogP contribution < -0.4 is 15.7 Å². The second kappa shape index (κ2) is 10.3. The molecule has 0 aliphatic heterocycles. The predicted molar refractivity (Wildman–Crippen MR) is 135 cm³/mol. The van der Waals surface area contributed by atoms with Crippen LogP contribution in [-0.2, 0) is 13.1 Å². The topological polar surface area (TPSA) is 84.8 Å². The number of nitrogens with zero attached hydrogens (tertiary/aromatic N) is 3. The summed E-state index contributed by atoms with van der Waals surface area (Å²) in [6.07, 6.45) is 1.00. The number of anilines is 1. The average Bonchev–Trinajstić information content (AvgIpc) is 3.14. The SMILES string of the molecule is CCCSc1nc(NCc2ccc(OC)cc2)c2[nH]c(=O)n(Cc3ccc(C)c(Cl)c3)c2n1. The minimum absolute atomic E-state index is 0.235. The fourth-order valence-corrected chi connectivity index (χ4v) is 4.29. The molecular formula is C24H26ClN5O2S. The Morgan fingerprint density at radius 2 is 1.91 bits per heavy atom. The van der Waals surface area contributed by atoms with Crippen molar-refractivity contribution in [2.75, 3.05) is 18.2 Å². The summed E-state index contributed by atoms with van der Waals surface area (Å²) in [4.78, 5) is 25.2. The maximum Gasteiger partial charge on any atom is 0.328 e. The van der Waals surface area contributed by atoms with E-state index in [4.69, 9.17) is 21.3 Å². The maximum atomic E-state index is 12.9. The largest absolute Gasteiger partial charge is 0.497 e. The molecule has 2 N–H and O–H groups in total. The summed E-state index contributed by atoms with van der Waals surface area (Å²) in [6.45, 7) is 4.98. The molecule has 0 amide bonds. The molecule has 7 nitrogen and oxygen atoms in total.